The van der Waals surface area contributed by atoms with Crippen molar-refractivity contribution in [3.8, 4) is 0 Å². The van der Waals surface area contributed by atoms with Crippen molar-refractivity contribution in [2.24, 2.45) is 5.41 Å². The number of carbonyl (C=O) groups is 2. The summed E-state index contributed by atoms with van der Waals surface area (Å²) in [5.74, 6) is 1.28. The predicted octanol–water partition coefficient (Wildman–Crippen LogP) is 3.20. The second-order valence-electron chi connectivity index (χ2n) is 7.26. The van der Waals surface area contributed by atoms with Gasteiger partial charge in [0.15, 0.2) is 0 Å². The average Bonchev–Trinajstić information content (AvgIpc) is 2.96. The summed E-state index contributed by atoms with van der Waals surface area (Å²) in [6.07, 6.45) is 0.464. The summed E-state index contributed by atoms with van der Waals surface area (Å²) in [7, 11) is 0. The van der Waals surface area contributed by atoms with E-state index in [1.54, 1.807) is 16.7 Å². The van der Waals surface area contributed by atoms with Gasteiger partial charge in [-0.15, -0.1) is 11.8 Å². The molecule has 2 amide bonds. The lowest BCUT2D eigenvalue weighted by Crippen LogP contribution is -2.48. The summed E-state index contributed by atoms with van der Waals surface area (Å²) < 4.78 is 0. The van der Waals surface area contributed by atoms with Gasteiger partial charge in [0.25, 0.3) is 0 Å². The van der Waals surface area contributed by atoms with E-state index >= 15 is 0 Å². The molecule has 2 rings (SSSR count). The molecular weight excluding hydrogens is 308 g/mol. The molecule has 1 aromatic rings. The van der Waals surface area contributed by atoms with Crippen molar-refractivity contribution in [1.82, 2.24) is 10.2 Å². The van der Waals surface area contributed by atoms with Gasteiger partial charge in [0, 0.05) is 12.2 Å². The standard InChI is InChI=1S/C18H26N2O2S/c1-13(14-8-6-5-7-9-14)19-17(22)15-11-23-12-20(15)16(21)10-18(2,3)4/h5-9,13,15H,10-12H2,1-4H3,(H,19,22). The third-order valence-electron chi connectivity index (χ3n) is 3.85. The van der Waals surface area contributed by atoms with Crippen molar-refractivity contribution in [3.63, 3.8) is 0 Å². The average molecular weight is 334 g/mol. The molecule has 1 aromatic carbocycles. The van der Waals surface area contributed by atoms with Crippen LogP contribution < -0.4 is 5.32 Å². The van der Waals surface area contributed by atoms with Crippen molar-refractivity contribution in [1.29, 1.82) is 0 Å². The Balaban J connectivity index is 1.99. The fraction of sp³-hybridized carbons (Fsp3) is 0.556. The molecule has 2 atom stereocenters. The summed E-state index contributed by atoms with van der Waals surface area (Å²) in [5, 5.41) is 3.04. The van der Waals surface area contributed by atoms with E-state index < -0.39 is 0 Å². The Morgan fingerprint density at radius 1 is 1.30 bits per heavy atom. The van der Waals surface area contributed by atoms with E-state index in [1.165, 1.54) is 0 Å². The van der Waals surface area contributed by atoms with E-state index in [9.17, 15) is 9.59 Å². The summed E-state index contributed by atoms with van der Waals surface area (Å²) in [4.78, 5) is 26.8. The van der Waals surface area contributed by atoms with Gasteiger partial charge in [0.2, 0.25) is 11.8 Å². The van der Waals surface area contributed by atoms with Gasteiger partial charge in [-0.3, -0.25) is 9.59 Å². The van der Waals surface area contributed by atoms with Gasteiger partial charge in [-0.25, -0.2) is 0 Å². The van der Waals surface area contributed by atoms with Crippen molar-refractivity contribution in [3.05, 3.63) is 35.9 Å². The molecule has 1 saturated heterocycles. The molecular formula is C18H26N2O2S. The number of thioether (sulfide) groups is 1. The lowest BCUT2D eigenvalue weighted by molar-refractivity contribution is -0.139. The first-order valence-corrected chi connectivity index (χ1v) is 9.16. The molecule has 1 heterocycles. The highest BCUT2D eigenvalue weighted by atomic mass is 32.2. The van der Waals surface area contributed by atoms with Gasteiger partial charge in [0.1, 0.15) is 6.04 Å². The SMILES string of the molecule is CC(NC(=O)C1CSCN1C(=O)CC(C)(C)C)c1ccccc1. The van der Waals surface area contributed by atoms with Gasteiger partial charge in [-0.2, -0.15) is 0 Å². The molecule has 0 aliphatic carbocycles. The van der Waals surface area contributed by atoms with Crippen molar-refractivity contribution in [2.75, 3.05) is 11.6 Å². The molecule has 0 bridgehead atoms. The molecule has 1 N–H and O–H groups in total. The molecule has 0 aromatic heterocycles. The highest BCUT2D eigenvalue weighted by Crippen LogP contribution is 2.27. The number of nitrogens with one attached hydrogen (secondary N) is 1. The highest BCUT2D eigenvalue weighted by Gasteiger charge is 2.36. The number of hydrogen-bond acceptors (Lipinski definition) is 3. The molecule has 0 saturated carbocycles. The number of rotatable bonds is 4. The van der Waals surface area contributed by atoms with Gasteiger partial charge in [0.05, 0.1) is 11.9 Å². The number of benzene rings is 1. The fourth-order valence-electron chi connectivity index (χ4n) is 2.60. The topological polar surface area (TPSA) is 49.4 Å². The van der Waals surface area contributed by atoms with E-state index in [2.05, 4.69) is 5.32 Å². The highest BCUT2D eigenvalue weighted by molar-refractivity contribution is 7.99. The lowest BCUT2D eigenvalue weighted by atomic mass is 9.91. The van der Waals surface area contributed by atoms with Crippen molar-refractivity contribution < 1.29 is 9.59 Å². The molecule has 1 fully saturated rings. The van der Waals surface area contributed by atoms with Crippen LogP contribution in [-0.2, 0) is 9.59 Å². The van der Waals surface area contributed by atoms with Crippen LogP contribution in [0.2, 0.25) is 0 Å². The monoisotopic (exact) mass is 334 g/mol. The Kier molecular flexibility index (Phi) is 5.74. The Hall–Kier alpha value is -1.49. The van der Waals surface area contributed by atoms with E-state index in [0.717, 1.165) is 5.56 Å². The molecule has 2 unspecified atom stereocenters. The second-order valence-corrected chi connectivity index (χ2v) is 8.26. The lowest BCUT2D eigenvalue weighted by Gasteiger charge is -2.27. The number of amides is 2. The quantitative estimate of drug-likeness (QED) is 0.920. The number of carbonyl (C=O) groups excluding carboxylic acids is 2. The number of nitrogens with zero attached hydrogens (tertiary/aromatic N) is 1. The van der Waals surface area contributed by atoms with Crippen LogP contribution in [0.1, 0.15) is 45.7 Å². The summed E-state index contributed by atoms with van der Waals surface area (Å²) >= 11 is 1.64. The predicted molar refractivity (Wildman–Crippen MR) is 95.0 cm³/mol. The van der Waals surface area contributed by atoms with Crippen LogP contribution in [0.25, 0.3) is 0 Å². The van der Waals surface area contributed by atoms with Crippen molar-refractivity contribution >= 4 is 23.6 Å². The summed E-state index contributed by atoms with van der Waals surface area (Å²) in [6.45, 7) is 8.10. The van der Waals surface area contributed by atoms with E-state index in [1.807, 2.05) is 58.0 Å². The first kappa shape index (κ1) is 17.9. The van der Waals surface area contributed by atoms with Crippen LogP contribution in [0.4, 0.5) is 0 Å². The van der Waals surface area contributed by atoms with Crippen LogP contribution in [0.15, 0.2) is 30.3 Å². The van der Waals surface area contributed by atoms with E-state index in [4.69, 9.17) is 0 Å². The minimum atomic E-state index is -0.360. The van der Waals surface area contributed by atoms with Crippen LogP contribution in [0.3, 0.4) is 0 Å². The summed E-state index contributed by atoms with van der Waals surface area (Å²) in [5.41, 5.74) is 1.00. The second kappa shape index (κ2) is 7.39. The van der Waals surface area contributed by atoms with E-state index in [-0.39, 0.29) is 29.3 Å². The zero-order chi connectivity index (χ0) is 17.0. The fourth-order valence-corrected chi connectivity index (χ4v) is 3.78. The van der Waals surface area contributed by atoms with Gasteiger partial charge >= 0.3 is 0 Å². The zero-order valence-electron chi connectivity index (χ0n) is 14.3. The maximum atomic E-state index is 12.6. The zero-order valence-corrected chi connectivity index (χ0v) is 15.2. The molecule has 126 valence electrons. The Labute approximate surface area is 143 Å². The molecule has 0 radical (unpaired) electrons. The molecule has 1 aliphatic rings. The maximum absolute atomic E-state index is 12.6. The van der Waals surface area contributed by atoms with Crippen LogP contribution >= 0.6 is 11.8 Å². The smallest absolute Gasteiger partial charge is 0.244 e. The Morgan fingerprint density at radius 3 is 2.57 bits per heavy atom. The van der Waals surface area contributed by atoms with Crippen LogP contribution in [0.5, 0.6) is 0 Å². The Morgan fingerprint density at radius 2 is 1.96 bits per heavy atom. The van der Waals surface area contributed by atoms with Gasteiger partial charge in [-0.1, -0.05) is 51.1 Å². The Bertz CT molecular complexity index is 554. The van der Waals surface area contributed by atoms with Gasteiger partial charge in [-0.05, 0) is 17.9 Å². The molecule has 4 nitrogen and oxygen atoms in total. The van der Waals surface area contributed by atoms with Gasteiger partial charge < -0.3 is 10.2 Å². The maximum Gasteiger partial charge on any atom is 0.244 e. The minimum Gasteiger partial charge on any atom is -0.348 e. The minimum absolute atomic E-state index is 0.0612. The van der Waals surface area contributed by atoms with Crippen LogP contribution in [0, 0.1) is 5.41 Å². The normalized spacial score (nSPS) is 19.5. The third kappa shape index (κ3) is 4.99. The first-order valence-electron chi connectivity index (χ1n) is 8.00. The van der Waals surface area contributed by atoms with E-state index in [0.29, 0.717) is 18.1 Å². The van der Waals surface area contributed by atoms with Crippen molar-refractivity contribution in [2.45, 2.75) is 46.2 Å². The van der Waals surface area contributed by atoms with Crippen LogP contribution in [-0.4, -0.2) is 34.4 Å². The largest absolute Gasteiger partial charge is 0.348 e. The molecule has 1 aliphatic heterocycles. The number of hydrogen-bond donors (Lipinski definition) is 1. The first-order chi connectivity index (χ1) is 10.8. The molecule has 5 heteroatoms. The molecule has 0 spiro atoms. The third-order valence-corrected chi connectivity index (χ3v) is 4.86. The summed E-state index contributed by atoms with van der Waals surface area (Å²) in [6, 6.07) is 9.45. The molecule has 23 heavy (non-hydrogen) atoms.